The van der Waals surface area contributed by atoms with Crippen LogP contribution in [0.4, 0.5) is 0 Å². The highest BCUT2D eigenvalue weighted by Gasteiger charge is 2.34. The van der Waals surface area contributed by atoms with Crippen molar-refractivity contribution in [1.82, 2.24) is 10.6 Å². The van der Waals surface area contributed by atoms with Gasteiger partial charge in [-0.15, -0.1) is 0 Å². The molecule has 0 aliphatic heterocycles. The lowest BCUT2D eigenvalue weighted by atomic mass is 9.80. The highest BCUT2D eigenvalue weighted by Crippen LogP contribution is 2.31. The van der Waals surface area contributed by atoms with Crippen molar-refractivity contribution in [3.05, 3.63) is 0 Å². The van der Waals surface area contributed by atoms with Gasteiger partial charge in [-0.25, -0.2) is 0 Å². The Hall–Kier alpha value is -0.770. The van der Waals surface area contributed by atoms with Gasteiger partial charge >= 0.3 is 0 Å². The highest BCUT2D eigenvalue weighted by atomic mass is 16.3. The Bertz CT molecular complexity index is 298. The highest BCUT2D eigenvalue weighted by molar-refractivity contribution is 5.80. The maximum Gasteiger partial charge on any atom is 0.191 e. The number of aliphatic hydroxyl groups is 1. The molecule has 1 atom stereocenters. The number of aliphatic imine (C=N–C) groups is 1. The molecule has 1 fully saturated rings. The minimum Gasteiger partial charge on any atom is -0.388 e. The SMILES string of the molecule is CCNC(=NCC1(O)CCC1)NC(C)CCCC(C)C. The van der Waals surface area contributed by atoms with E-state index in [0.717, 1.165) is 44.1 Å². The number of guanidine groups is 1. The predicted octanol–water partition coefficient (Wildman–Crippen LogP) is 2.67. The molecule has 0 saturated heterocycles. The van der Waals surface area contributed by atoms with Crippen LogP contribution >= 0.6 is 0 Å². The zero-order valence-corrected chi connectivity index (χ0v) is 13.7. The van der Waals surface area contributed by atoms with E-state index in [4.69, 9.17) is 0 Å². The van der Waals surface area contributed by atoms with E-state index in [-0.39, 0.29) is 0 Å². The largest absolute Gasteiger partial charge is 0.388 e. The van der Waals surface area contributed by atoms with Crippen molar-refractivity contribution >= 4 is 5.96 Å². The average Bonchev–Trinajstić information content (AvgIpc) is 2.33. The smallest absolute Gasteiger partial charge is 0.191 e. The summed E-state index contributed by atoms with van der Waals surface area (Å²) in [5.41, 5.74) is -0.538. The van der Waals surface area contributed by atoms with E-state index in [1.165, 1.54) is 12.8 Å². The average molecular weight is 283 g/mol. The van der Waals surface area contributed by atoms with E-state index >= 15 is 0 Å². The molecule has 0 heterocycles. The van der Waals surface area contributed by atoms with Crippen molar-refractivity contribution in [2.45, 2.75) is 77.9 Å². The monoisotopic (exact) mass is 283 g/mol. The Balaban J connectivity index is 2.34. The van der Waals surface area contributed by atoms with Gasteiger partial charge in [-0.2, -0.15) is 0 Å². The summed E-state index contributed by atoms with van der Waals surface area (Å²) in [7, 11) is 0. The quantitative estimate of drug-likeness (QED) is 0.474. The van der Waals surface area contributed by atoms with E-state index in [9.17, 15) is 5.11 Å². The summed E-state index contributed by atoms with van der Waals surface area (Å²) in [6.07, 6.45) is 6.59. The molecule has 20 heavy (non-hydrogen) atoms. The van der Waals surface area contributed by atoms with Gasteiger partial charge in [0.25, 0.3) is 0 Å². The van der Waals surface area contributed by atoms with Crippen LogP contribution in [-0.4, -0.2) is 35.8 Å². The molecule has 0 aromatic carbocycles. The number of nitrogens with zero attached hydrogens (tertiary/aromatic N) is 1. The second-order valence-corrected chi connectivity index (χ2v) is 6.64. The third-order valence-corrected chi connectivity index (χ3v) is 3.96. The molecule has 0 bridgehead atoms. The van der Waals surface area contributed by atoms with Crippen LogP contribution < -0.4 is 10.6 Å². The molecule has 0 aromatic heterocycles. The standard InChI is InChI=1S/C16H33N3O/c1-5-17-15(18-12-16(20)10-7-11-16)19-14(4)9-6-8-13(2)3/h13-14,20H,5-12H2,1-4H3,(H2,17,18,19). The van der Waals surface area contributed by atoms with E-state index in [1.807, 2.05) is 0 Å². The van der Waals surface area contributed by atoms with Crippen molar-refractivity contribution in [2.75, 3.05) is 13.1 Å². The first-order valence-electron chi connectivity index (χ1n) is 8.22. The van der Waals surface area contributed by atoms with Gasteiger partial charge < -0.3 is 15.7 Å². The lowest BCUT2D eigenvalue weighted by Gasteiger charge is -2.35. The first-order valence-corrected chi connectivity index (χ1v) is 8.22. The Morgan fingerprint density at radius 2 is 1.95 bits per heavy atom. The van der Waals surface area contributed by atoms with Crippen LogP contribution in [0, 0.1) is 5.92 Å². The Morgan fingerprint density at radius 1 is 1.25 bits per heavy atom. The Kier molecular flexibility index (Phi) is 7.35. The minimum absolute atomic E-state index is 0.419. The maximum atomic E-state index is 10.1. The summed E-state index contributed by atoms with van der Waals surface area (Å²) in [5, 5.41) is 16.8. The van der Waals surface area contributed by atoms with Crippen molar-refractivity contribution in [2.24, 2.45) is 10.9 Å². The second kappa shape index (κ2) is 8.50. The molecule has 0 radical (unpaired) electrons. The number of nitrogens with one attached hydrogen (secondary N) is 2. The summed E-state index contributed by atoms with van der Waals surface area (Å²) < 4.78 is 0. The summed E-state index contributed by atoms with van der Waals surface area (Å²) in [6, 6.07) is 0.419. The maximum absolute atomic E-state index is 10.1. The van der Waals surface area contributed by atoms with Crippen molar-refractivity contribution < 1.29 is 5.11 Å². The first kappa shape index (κ1) is 17.3. The lowest BCUT2D eigenvalue weighted by Crippen LogP contribution is -2.45. The number of rotatable bonds is 8. The summed E-state index contributed by atoms with van der Waals surface area (Å²) in [5.74, 6) is 1.61. The van der Waals surface area contributed by atoms with Crippen LogP contribution in [0.3, 0.4) is 0 Å². The molecule has 1 unspecified atom stereocenters. The molecule has 3 N–H and O–H groups in total. The molecule has 0 spiro atoms. The first-order chi connectivity index (χ1) is 9.45. The van der Waals surface area contributed by atoms with Crippen molar-refractivity contribution in [3.63, 3.8) is 0 Å². The number of hydrogen-bond acceptors (Lipinski definition) is 2. The third-order valence-electron chi connectivity index (χ3n) is 3.96. The van der Waals surface area contributed by atoms with Gasteiger partial charge in [0.1, 0.15) is 0 Å². The van der Waals surface area contributed by atoms with E-state index in [0.29, 0.717) is 12.6 Å². The fraction of sp³-hybridized carbons (Fsp3) is 0.938. The Labute approximate surface area is 124 Å². The molecule has 1 saturated carbocycles. The van der Waals surface area contributed by atoms with E-state index in [1.54, 1.807) is 0 Å². The topological polar surface area (TPSA) is 56.7 Å². The van der Waals surface area contributed by atoms with Gasteiger partial charge in [0.2, 0.25) is 0 Å². The fourth-order valence-electron chi connectivity index (χ4n) is 2.43. The van der Waals surface area contributed by atoms with Crippen LogP contribution in [-0.2, 0) is 0 Å². The lowest BCUT2D eigenvalue weighted by molar-refractivity contribution is -0.0236. The molecule has 1 aliphatic rings. The second-order valence-electron chi connectivity index (χ2n) is 6.64. The van der Waals surface area contributed by atoms with Gasteiger partial charge in [-0.05, 0) is 45.4 Å². The van der Waals surface area contributed by atoms with E-state index < -0.39 is 5.60 Å². The van der Waals surface area contributed by atoms with Gasteiger partial charge in [0, 0.05) is 12.6 Å². The normalized spacial score (nSPS) is 19.6. The molecule has 1 aliphatic carbocycles. The molecule has 0 amide bonds. The summed E-state index contributed by atoms with van der Waals surface area (Å²) in [6.45, 7) is 10.2. The fourth-order valence-corrected chi connectivity index (χ4v) is 2.43. The molecule has 0 aromatic rings. The molecule has 118 valence electrons. The van der Waals surface area contributed by atoms with Crippen LogP contribution in [0.1, 0.15) is 66.2 Å². The van der Waals surface area contributed by atoms with Crippen molar-refractivity contribution in [1.29, 1.82) is 0 Å². The van der Waals surface area contributed by atoms with E-state index in [2.05, 4.69) is 43.3 Å². The molecular formula is C16H33N3O. The summed E-state index contributed by atoms with van der Waals surface area (Å²) in [4.78, 5) is 4.53. The predicted molar refractivity (Wildman–Crippen MR) is 86.1 cm³/mol. The van der Waals surface area contributed by atoms with Crippen LogP contribution in [0.25, 0.3) is 0 Å². The van der Waals surface area contributed by atoms with Crippen LogP contribution in [0.15, 0.2) is 4.99 Å². The number of hydrogen-bond donors (Lipinski definition) is 3. The van der Waals surface area contributed by atoms with Crippen molar-refractivity contribution in [3.8, 4) is 0 Å². The zero-order valence-electron chi connectivity index (χ0n) is 13.7. The molecular weight excluding hydrogens is 250 g/mol. The van der Waals surface area contributed by atoms with Gasteiger partial charge in [0.05, 0.1) is 12.1 Å². The Morgan fingerprint density at radius 3 is 2.45 bits per heavy atom. The summed E-state index contributed by atoms with van der Waals surface area (Å²) >= 11 is 0. The molecule has 1 rings (SSSR count). The van der Waals surface area contributed by atoms with Gasteiger partial charge in [-0.3, -0.25) is 4.99 Å². The molecule has 4 heteroatoms. The zero-order chi connectivity index (χ0) is 15.0. The molecule has 4 nitrogen and oxygen atoms in total. The minimum atomic E-state index is -0.538. The van der Waals surface area contributed by atoms with Crippen LogP contribution in [0.5, 0.6) is 0 Å². The van der Waals surface area contributed by atoms with Crippen LogP contribution in [0.2, 0.25) is 0 Å². The van der Waals surface area contributed by atoms with Gasteiger partial charge in [0.15, 0.2) is 5.96 Å². The van der Waals surface area contributed by atoms with Gasteiger partial charge in [-0.1, -0.05) is 26.7 Å². The third kappa shape index (κ3) is 6.60.